The van der Waals surface area contributed by atoms with E-state index >= 15 is 0 Å². The molecule has 0 aromatic rings. The van der Waals surface area contributed by atoms with Crippen LogP contribution < -0.4 is 5.32 Å². The second kappa shape index (κ2) is 14.2. The highest BCUT2D eigenvalue weighted by atomic mass is 32.2. The molecule has 2 fully saturated rings. The molecule has 0 unspecified atom stereocenters. The van der Waals surface area contributed by atoms with Gasteiger partial charge in [-0.1, -0.05) is 64.6 Å². The first kappa shape index (κ1) is 29.7. The van der Waals surface area contributed by atoms with Gasteiger partial charge in [-0.25, -0.2) is 4.79 Å². The Morgan fingerprint density at radius 3 is 2.44 bits per heavy atom. The first-order valence-corrected chi connectivity index (χ1v) is 17.4. The molecule has 1 heterocycles. The Kier molecular flexibility index (Phi) is 12.4. The number of amides is 2. The monoisotopic (exact) mass is 513 g/mol. The Hall–Kier alpha value is -0.573. The summed E-state index contributed by atoms with van der Waals surface area (Å²) in [7, 11) is -1.74. The van der Waals surface area contributed by atoms with E-state index in [9.17, 15) is 9.59 Å². The summed E-state index contributed by atoms with van der Waals surface area (Å²) in [5.41, 5.74) is 0. The van der Waals surface area contributed by atoms with Gasteiger partial charge in [-0.3, -0.25) is 9.69 Å². The van der Waals surface area contributed by atoms with Gasteiger partial charge in [0.1, 0.15) is 0 Å². The maximum Gasteiger partial charge on any atom is 0.317 e. The fraction of sp³-hybridized carbons (Fsp3) is 0.923. The lowest BCUT2D eigenvalue weighted by Gasteiger charge is -2.38. The number of likely N-dealkylation sites (tertiary alicyclic amines) is 1. The standard InChI is InChI=1S/C26H51N3O3SSi/c1-22(30)33-20-19-29(17-14-23-11-8-7-9-12-23)25(31)27-15-18-28-16-10-13-24(28)21-32-34(5,6)26(2,3)4/h23-24H,7-21H2,1-6H3,(H,27,31)/t24-/m0/s1. The Morgan fingerprint density at radius 2 is 1.79 bits per heavy atom. The lowest BCUT2D eigenvalue weighted by atomic mass is 9.87. The Balaban J connectivity index is 1.79. The molecule has 0 radical (unpaired) electrons. The zero-order chi connectivity index (χ0) is 25.2. The molecule has 198 valence electrons. The Morgan fingerprint density at radius 1 is 1.09 bits per heavy atom. The summed E-state index contributed by atoms with van der Waals surface area (Å²) in [5, 5.41) is 3.52. The second-order valence-electron chi connectivity index (χ2n) is 11.8. The SMILES string of the molecule is CC(=O)SCCN(CCC1CCCCC1)C(=O)NCCN1CCC[C@H]1CO[Si](C)(C)C(C)(C)C. The number of carbonyl (C=O) groups excluding carboxylic acids is 2. The molecular formula is C26H51N3O3SSi. The van der Waals surface area contributed by atoms with Gasteiger partial charge in [0.2, 0.25) is 0 Å². The predicted octanol–water partition coefficient (Wildman–Crippen LogP) is 5.73. The van der Waals surface area contributed by atoms with E-state index in [1.165, 1.54) is 56.7 Å². The molecule has 0 bridgehead atoms. The first-order chi connectivity index (χ1) is 16.0. The third-order valence-corrected chi connectivity index (χ3v) is 13.4. The third-order valence-electron chi connectivity index (χ3n) is 8.10. The van der Waals surface area contributed by atoms with E-state index in [0.717, 1.165) is 38.6 Å². The molecule has 2 amide bonds. The van der Waals surface area contributed by atoms with Crippen molar-refractivity contribution in [3.8, 4) is 0 Å². The Labute approximate surface area is 214 Å². The minimum atomic E-state index is -1.74. The van der Waals surface area contributed by atoms with Gasteiger partial charge >= 0.3 is 6.03 Å². The van der Waals surface area contributed by atoms with E-state index < -0.39 is 8.32 Å². The second-order valence-corrected chi connectivity index (χ2v) is 17.8. The van der Waals surface area contributed by atoms with Crippen molar-refractivity contribution in [2.45, 2.75) is 103 Å². The van der Waals surface area contributed by atoms with Gasteiger partial charge in [0.25, 0.3) is 0 Å². The van der Waals surface area contributed by atoms with Crippen molar-refractivity contribution in [2.24, 2.45) is 5.92 Å². The van der Waals surface area contributed by atoms with Gasteiger partial charge in [-0.05, 0) is 49.9 Å². The molecule has 0 aromatic carbocycles. The molecule has 1 aliphatic carbocycles. The van der Waals surface area contributed by atoms with Gasteiger partial charge < -0.3 is 14.6 Å². The smallest absolute Gasteiger partial charge is 0.317 e. The van der Waals surface area contributed by atoms with E-state index in [1.54, 1.807) is 6.92 Å². The van der Waals surface area contributed by atoms with Gasteiger partial charge in [-0.2, -0.15) is 0 Å². The predicted molar refractivity (Wildman–Crippen MR) is 147 cm³/mol. The number of urea groups is 1. The molecule has 1 aliphatic heterocycles. The van der Waals surface area contributed by atoms with Crippen molar-refractivity contribution in [3.05, 3.63) is 0 Å². The van der Waals surface area contributed by atoms with E-state index in [1.807, 2.05) is 4.90 Å². The minimum absolute atomic E-state index is 0.0215. The van der Waals surface area contributed by atoms with Crippen LogP contribution in [0.2, 0.25) is 18.1 Å². The summed E-state index contributed by atoms with van der Waals surface area (Å²) in [6.45, 7) is 17.9. The summed E-state index contributed by atoms with van der Waals surface area (Å²) in [6.07, 6.45) is 10.1. The van der Waals surface area contributed by atoms with Gasteiger partial charge in [-0.15, -0.1) is 0 Å². The molecular weight excluding hydrogens is 462 g/mol. The topological polar surface area (TPSA) is 61.9 Å². The molecule has 1 atom stereocenters. The largest absolute Gasteiger partial charge is 0.415 e. The third kappa shape index (κ3) is 10.2. The molecule has 1 saturated carbocycles. The Bertz CT molecular complexity index is 635. The number of thioether (sulfide) groups is 1. The van der Waals surface area contributed by atoms with Crippen LogP contribution in [-0.4, -0.2) is 80.4 Å². The molecule has 34 heavy (non-hydrogen) atoms. The van der Waals surface area contributed by atoms with Crippen molar-refractivity contribution in [3.63, 3.8) is 0 Å². The minimum Gasteiger partial charge on any atom is -0.415 e. The zero-order valence-corrected chi connectivity index (χ0v) is 24.6. The molecule has 6 nitrogen and oxygen atoms in total. The first-order valence-electron chi connectivity index (χ1n) is 13.5. The van der Waals surface area contributed by atoms with Crippen LogP contribution in [0.15, 0.2) is 0 Å². The van der Waals surface area contributed by atoms with Crippen LogP contribution in [0.4, 0.5) is 4.79 Å². The van der Waals surface area contributed by atoms with Crippen molar-refractivity contribution in [2.75, 3.05) is 45.1 Å². The number of hydrogen-bond acceptors (Lipinski definition) is 5. The van der Waals surface area contributed by atoms with Crippen molar-refractivity contribution < 1.29 is 14.0 Å². The average Bonchev–Trinajstić information content (AvgIpc) is 3.21. The highest BCUT2D eigenvalue weighted by molar-refractivity contribution is 8.13. The van der Waals surface area contributed by atoms with Crippen LogP contribution >= 0.6 is 11.8 Å². The molecule has 1 N–H and O–H groups in total. The summed E-state index contributed by atoms with van der Waals surface area (Å²) in [6, 6.07) is 0.480. The number of hydrogen-bond donors (Lipinski definition) is 1. The van der Waals surface area contributed by atoms with Crippen molar-refractivity contribution >= 4 is 31.2 Å². The quantitative estimate of drug-likeness (QED) is 0.338. The fourth-order valence-electron chi connectivity index (χ4n) is 4.75. The van der Waals surface area contributed by atoms with Crippen molar-refractivity contribution in [1.29, 1.82) is 0 Å². The van der Waals surface area contributed by atoms with Crippen LogP contribution in [0.5, 0.6) is 0 Å². The summed E-state index contributed by atoms with van der Waals surface area (Å²) < 4.78 is 6.50. The highest BCUT2D eigenvalue weighted by Gasteiger charge is 2.38. The number of nitrogens with one attached hydrogen (secondary N) is 1. The number of carbonyl (C=O) groups is 2. The van der Waals surface area contributed by atoms with Crippen molar-refractivity contribution in [1.82, 2.24) is 15.1 Å². The maximum atomic E-state index is 13.0. The van der Waals surface area contributed by atoms with Crippen LogP contribution in [0.3, 0.4) is 0 Å². The zero-order valence-electron chi connectivity index (χ0n) is 22.8. The van der Waals surface area contributed by atoms with Crippen LogP contribution in [0.25, 0.3) is 0 Å². The van der Waals surface area contributed by atoms with Gasteiger partial charge in [0.05, 0.1) is 0 Å². The van der Waals surface area contributed by atoms with Gasteiger partial charge in [0.15, 0.2) is 13.4 Å². The van der Waals surface area contributed by atoms with E-state index in [-0.39, 0.29) is 16.2 Å². The highest BCUT2D eigenvalue weighted by Crippen LogP contribution is 2.37. The number of rotatable bonds is 12. The molecule has 2 aliphatic rings. The normalized spacial score (nSPS) is 20.5. The van der Waals surface area contributed by atoms with Crippen LogP contribution in [0.1, 0.15) is 79.1 Å². The molecule has 1 saturated heterocycles. The summed E-state index contributed by atoms with van der Waals surface area (Å²) in [4.78, 5) is 28.8. The van der Waals surface area contributed by atoms with E-state index in [2.05, 4.69) is 44.1 Å². The van der Waals surface area contributed by atoms with Crippen LogP contribution in [0, 0.1) is 5.92 Å². The average molecular weight is 514 g/mol. The summed E-state index contributed by atoms with van der Waals surface area (Å²) >= 11 is 1.31. The lowest BCUT2D eigenvalue weighted by molar-refractivity contribution is -0.109. The lowest BCUT2D eigenvalue weighted by Crippen LogP contribution is -2.47. The molecule has 8 heteroatoms. The number of nitrogens with zero attached hydrogens (tertiary/aromatic N) is 2. The maximum absolute atomic E-state index is 13.0. The molecule has 0 spiro atoms. The van der Waals surface area contributed by atoms with Gasteiger partial charge in [0, 0.05) is 51.5 Å². The molecule has 0 aromatic heterocycles. The van der Waals surface area contributed by atoms with E-state index in [0.29, 0.717) is 24.9 Å². The molecule has 2 rings (SSSR count). The summed E-state index contributed by atoms with van der Waals surface area (Å²) in [5.74, 6) is 1.42. The fourth-order valence-corrected chi connectivity index (χ4v) is 6.39. The van der Waals surface area contributed by atoms with Crippen LogP contribution in [-0.2, 0) is 9.22 Å². The van der Waals surface area contributed by atoms with E-state index in [4.69, 9.17) is 4.43 Å².